The van der Waals surface area contributed by atoms with E-state index in [4.69, 9.17) is 11.5 Å². The van der Waals surface area contributed by atoms with Gasteiger partial charge in [-0.15, -0.1) is 0 Å². The van der Waals surface area contributed by atoms with Crippen LogP contribution in [0.5, 0.6) is 0 Å². The van der Waals surface area contributed by atoms with Crippen molar-refractivity contribution in [1.29, 1.82) is 0 Å². The number of carbonyl (C=O) groups is 2. The number of aryl methyl sites for hydroxylation is 1. The number of benzene rings is 1. The second kappa shape index (κ2) is 6.89. The molecule has 0 spiro atoms. The highest BCUT2D eigenvalue weighted by Gasteiger charge is 2.14. The molecule has 0 aromatic heterocycles. The Morgan fingerprint density at radius 1 is 1.37 bits per heavy atom. The molecular formula is C14H21N3O2. The van der Waals surface area contributed by atoms with Crippen molar-refractivity contribution in [2.45, 2.75) is 39.2 Å². The maximum Gasteiger partial charge on any atom is 0.248 e. The van der Waals surface area contributed by atoms with Gasteiger partial charge in [-0.3, -0.25) is 9.59 Å². The molecule has 1 aromatic rings. The highest BCUT2D eigenvalue weighted by molar-refractivity contribution is 5.97. The third kappa shape index (κ3) is 4.37. The van der Waals surface area contributed by atoms with Crippen LogP contribution in [0.3, 0.4) is 0 Å². The fourth-order valence-electron chi connectivity index (χ4n) is 1.74. The van der Waals surface area contributed by atoms with Crippen LogP contribution in [0, 0.1) is 6.92 Å². The standard InChI is InChI=1S/C14H21N3O2/c1-3-4-5-11(15)14(19)17-12-7-6-10(13(16)18)8-9(12)2/h6-8,11H,3-5,15H2,1-2H3,(H2,16,18)(H,17,19). The second-order valence-corrected chi connectivity index (χ2v) is 4.63. The summed E-state index contributed by atoms with van der Waals surface area (Å²) in [5.74, 6) is -0.691. The van der Waals surface area contributed by atoms with Gasteiger partial charge in [0.05, 0.1) is 6.04 Å². The quantitative estimate of drug-likeness (QED) is 0.726. The van der Waals surface area contributed by atoms with Crippen LogP contribution in [0.2, 0.25) is 0 Å². The van der Waals surface area contributed by atoms with Gasteiger partial charge in [0.15, 0.2) is 0 Å². The van der Waals surface area contributed by atoms with Crippen molar-refractivity contribution in [3.05, 3.63) is 29.3 Å². The van der Waals surface area contributed by atoms with Crippen LogP contribution in [0.4, 0.5) is 5.69 Å². The van der Waals surface area contributed by atoms with Crippen molar-refractivity contribution in [1.82, 2.24) is 0 Å². The van der Waals surface area contributed by atoms with Gasteiger partial charge in [0.25, 0.3) is 0 Å². The summed E-state index contributed by atoms with van der Waals surface area (Å²) < 4.78 is 0. The normalized spacial score (nSPS) is 11.9. The average molecular weight is 263 g/mol. The highest BCUT2D eigenvalue weighted by atomic mass is 16.2. The van der Waals surface area contributed by atoms with Crippen molar-refractivity contribution >= 4 is 17.5 Å². The lowest BCUT2D eigenvalue weighted by atomic mass is 10.1. The van der Waals surface area contributed by atoms with E-state index in [2.05, 4.69) is 12.2 Å². The van der Waals surface area contributed by atoms with Crippen molar-refractivity contribution in [3.8, 4) is 0 Å². The molecule has 1 atom stereocenters. The first kappa shape index (κ1) is 15.2. The van der Waals surface area contributed by atoms with Crippen molar-refractivity contribution in [2.75, 3.05) is 5.32 Å². The molecule has 0 heterocycles. The van der Waals surface area contributed by atoms with E-state index >= 15 is 0 Å². The lowest BCUT2D eigenvalue weighted by Gasteiger charge is -2.13. The number of unbranched alkanes of at least 4 members (excludes halogenated alkanes) is 1. The summed E-state index contributed by atoms with van der Waals surface area (Å²) in [6.45, 7) is 3.86. The minimum atomic E-state index is -0.504. The van der Waals surface area contributed by atoms with Gasteiger partial charge in [0.2, 0.25) is 11.8 Å². The van der Waals surface area contributed by atoms with Crippen LogP contribution in [0.15, 0.2) is 18.2 Å². The number of nitrogens with one attached hydrogen (secondary N) is 1. The summed E-state index contributed by atoms with van der Waals surface area (Å²) >= 11 is 0. The minimum absolute atomic E-state index is 0.205. The molecule has 5 nitrogen and oxygen atoms in total. The number of carbonyl (C=O) groups excluding carboxylic acids is 2. The minimum Gasteiger partial charge on any atom is -0.366 e. The molecule has 5 heteroatoms. The van der Waals surface area contributed by atoms with Gasteiger partial charge in [-0.25, -0.2) is 0 Å². The Morgan fingerprint density at radius 3 is 2.58 bits per heavy atom. The van der Waals surface area contributed by atoms with E-state index in [-0.39, 0.29) is 5.91 Å². The van der Waals surface area contributed by atoms with Gasteiger partial charge in [0.1, 0.15) is 0 Å². The third-order valence-corrected chi connectivity index (χ3v) is 2.97. The Kier molecular flexibility index (Phi) is 5.51. The van der Waals surface area contributed by atoms with Gasteiger partial charge in [0, 0.05) is 11.3 Å². The Labute approximate surface area is 113 Å². The zero-order chi connectivity index (χ0) is 14.4. The molecule has 1 unspecified atom stereocenters. The summed E-state index contributed by atoms with van der Waals surface area (Å²) in [6, 6.07) is 4.40. The Hall–Kier alpha value is -1.88. The lowest BCUT2D eigenvalue weighted by Crippen LogP contribution is -2.35. The molecule has 5 N–H and O–H groups in total. The Balaban J connectivity index is 2.72. The number of nitrogens with two attached hydrogens (primary N) is 2. The average Bonchev–Trinajstić information content (AvgIpc) is 2.37. The summed E-state index contributed by atoms with van der Waals surface area (Å²) in [5.41, 5.74) is 12.8. The largest absolute Gasteiger partial charge is 0.366 e. The number of primary amides is 1. The van der Waals surface area contributed by atoms with E-state index in [0.717, 1.165) is 18.4 Å². The monoisotopic (exact) mass is 263 g/mol. The number of hydrogen-bond acceptors (Lipinski definition) is 3. The summed E-state index contributed by atoms with van der Waals surface area (Å²) in [7, 11) is 0. The smallest absolute Gasteiger partial charge is 0.248 e. The number of rotatable bonds is 6. The zero-order valence-corrected chi connectivity index (χ0v) is 11.4. The van der Waals surface area contributed by atoms with Gasteiger partial charge in [-0.05, 0) is 37.1 Å². The van der Waals surface area contributed by atoms with E-state index in [0.29, 0.717) is 17.7 Å². The van der Waals surface area contributed by atoms with Gasteiger partial charge >= 0.3 is 0 Å². The summed E-state index contributed by atoms with van der Waals surface area (Å²) in [5, 5.41) is 2.77. The predicted molar refractivity (Wildman–Crippen MR) is 75.8 cm³/mol. The van der Waals surface area contributed by atoms with Crippen LogP contribution < -0.4 is 16.8 Å². The topological polar surface area (TPSA) is 98.2 Å². The Morgan fingerprint density at radius 2 is 2.05 bits per heavy atom. The van der Waals surface area contributed by atoms with Gasteiger partial charge in [-0.1, -0.05) is 19.8 Å². The van der Waals surface area contributed by atoms with Crippen molar-refractivity contribution in [2.24, 2.45) is 11.5 Å². The van der Waals surface area contributed by atoms with Crippen LogP contribution in [-0.2, 0) is 4.79 Å². The molecule has 2 amide bonds. The van der Waals surface area contributed by atoms with Gasteiger partial charge in [-0.2, -0.15) is 0 Å². The SMILES string of the molecule is CCCCC(N)C(=O)Nc1ccc(C(N)=O)cc1C. The van der Waals surface area contributed by atoms with E-state index < -0.39 is 11.9 Å². The number of anilines is 1. The van der Waals surface area contributed by atoms with Crippen LogP contribution in [0.25, 0.3) is 0 Å². The molecule has 0 fully saturated rings. The second-order valence-electron chi connectivity index (χ2n) is 4.63. The van der Waals surface area contributed by atoms with Crippen LogP contribution in [-0.4, -0.2) is 17.9 Å². The fraction of sp³-hybridized carbons (Fsp3) is 0.429. The molecule has 19 heavy (non-hydrogen) atoms. The van der Waals surface area contributed by atoms with Crippen LogP contribution in [0.1, 0.15) is 42.1 Å². The van der Waals surface area contributed by atoms with E-state index in [1.54, 1.807) is 25.1 Å². The molecule has 0 aliphatic carbocycles. The molecule has 0 saturated carbocycles. The molecule has 0 aliphatic rings. The molecular weight excluding hydrogens is 242 g/mol. The first-order valence-corrected chi connectivity index (χ1v) is 6.42. The first-order valence-electron chi connectivity index (χ1n) is 6.42. The van der Waals surface area contributed by atoms with Gasteiger partial charge < -0.3 is 16.8 Å². The van der Waals surface area contributed by atoms with Crippen molar-refractivity contribution < 1.29 is 9.59 Å². The number of hydrogen-bond donors (Lipinski definition) is 3. The molecule has 0 bridgehead atoms. The third-order valence-electron chi connectivity index (χ3n) is 2.97. The lowest BCUT2D eigenvalue weighted by molar-refractivity contribution is -0.117. The zero-order valence-electron chi connectivity index (χ0n) is 11.4. The maximum atomic E-state index is 11.9. The molecule has 1 rings (SSSR count). The summed E-state index contributed by atoms with van der Waals surface area (Å²) in [6.07, 6.45) is 2.60. The molecule has 104 valence electrons. The highest BCUT2D eigenvalue weighted by Crippen LogP contribution is 2.16. The molecule has 0 radical (unpaired) electrons. The molecule has 0 aliphatic heterocycles. The van der Waals surface area contributed by atoms with E-state index in [1.807, 2.05) is 0 Å². The van der Waals surface area contributed by atoms with E-state index in [1.165, 1.54) is 0 Å². The van der Waals surface area contributed by atoms with Crippen LogP contribution >= 0.6 is 0 Å². The predicted octanol–water partition coefficient (Wildman–Crippen LogP) is 1.55. The maximum absolute atomic E-state index is 11.9. The molecule has 1 aromatic carbocycles. The van der Waals surface area contributed by atoms with Crippen molar-refractivity contribution in [3.63, 3.8) is 0 Å². The van der Waals surface area contributed by atoms with E-state index in [9.17, 15) is 9.59 Å². The molecule has 0 saturated heterocycles. The fourth-order valence-corrected chi connectivity index (χ4v) is 1.74. The number of amides is 2. The first-order chi connectivity index (χ1) is 8.95. The summed E-state index contributed by atoms with van der Waals surface area (Å²) in [4.78, 5) is 22.9. The Bertz CT molecular complexity index is 472.